The monoisotopic (exact) mass is 1000 g/mol. The SMILES string of the molecule is CC(C)(C)OC(=O)CCC(=O)c1c(NNC(=O)OC(C)(C)C)[nH]cc(-c2ccccc2)c1=O.CC(C)(C)OC(=O)CCC(=O)c1c(NNC(=O)OC(C)(C)C)n(Cc2ccccc2)cc(-c2ccccc2)c1=O. The molecule has 0 aliphatic rings. The second-order valence-corrected chi connectivity index (χ2v) is 20.7. The molecule has 2 heterocycles. The summed E-state index contributed by atoms with van der Waals surface area (Å²) in [6, 6.07) is 27.3. The fourth-order valence-corrected chi connectivity index (χ4v) is 6.81. The van der Waals surface area contributed by atoms with E-state index in [2.05, 4.69) is 26.7 Å². The molecule has 73 heavy (non-hydrogen) atoms. The summed E-state index contributed by atoms with van der Waals surface area (Å²) in [5.74, 6) is -2.18. The number of rotatable bonds is 16. The highest BCUT2D eigenvalue weighted by atomic mass is 16.6. The summed E-state index contributed by atoms with van der Waals surface area (Å²) in [6.45, 7) is 21.0. The fourth-order valence-electron chi connectivity index (χ4n) is 6.81. The minimum absolute atomic E-state index is 0.0141. The third kappa shape index (κ3) is 19.3. The number of amides is 2. The van der Waals surface area contributed by atoms with Crippen LogP contribution in [0.2, 0.25) is 0 Å². The Morgan fingerprint density at radius 1 is 0.493 bits per heavy atom. The highest BCUT2D eigenvalue weighted by molar-refractivity contribution is 6.03. The zero-order valence-electron chi connectivity index (χ0n) is 43.7. The molecule has 18 heteroatoms. The number of H-pyrrole nitrogens is 1. The lowest BCUT2D eigenvalue weighted by Crippen LogP contribution is -2.38. The molecule has 0 atom stereocenters. The van der Waals surface area contributed by atoms with Crippen molar-refractivity contribution in [2.75, 3.05) is 10.9 Å². The normalized spacial score (nSPS) is 11.5. The Morgan fingerprint density at radius 2 is 0.890 bits per heavy atom. The van der Waals surface area contributed by atoms with E-state index in [1.54, 1.807) is 142 Å². The van der Waals surface area contributed by atoms with Gasteiger partial charge in [0.25, 0.3) is 0 Å². The van der Waals surface area contributed by atoms with Gasteiger partial charge in [-0.05, 0) is 99.8 Å². The Morgan fingerprint density at radius 3 is 1.34 bits per heavy atom. The summed E-state index contributed by atoms with van der Waals surface area (Å²) in [7, 11) is 0. The van der Waals surface area contributed by atoms with Crippen LogP contribution in [-0.2, 0) is 35.1 Å². The average Bonchev–Trinajstić information content (AvgIpc) is 3.28. The summed E-state index contributed by atoms with van der Waals surface area (Å²) >= 11 is 0. The van der Waals surface area contributed by atoms with E-state index in [-0.39, 0.29) is 60.6 Å². The Hall–Kier alpha value is -8.02. The van der Waals surface area contributed by atoms with Crippen LogP contribution in [0.1, 0.15) is 135 Å². The van der Waals surface area contributed by atoms with E-state index in [0.717, 1.165) is 5.56 Å². The number of hydrazine groups is 2. The maximum atomic E-state index is 13.8. The van der Waals surface area contributed by atoms with E-state index in [1.165, 1.54) is 6.20 Å². The Bertz CT molecular complexity index is 2850. The number of ether oxygens (including phenoxy) is 4. The Balaban J connectivity index is 0.000000323. The number of pyridine rings is 2. The van der Waals surface area contributed by atoms with E-state index in [1.807, 2.05) is 42.5 Å². The molecular weight excluding hydrogens is 937 g/mol. The van der Waals surface area contributed by atoms with E-state index >= 15 is 0 Å². The molecule has 3 aromatic carbocycles. The van der Waals surface area contributed by atoms with Gasteiger partial charge in [-0.25, -0.2) is 20.4 Å². The van der Waals surface area contributed by atoms with Gasteiger partial charge in [0, 0.05) is 42.9 Å². The lowest BCUT2D eigenvalue weighted by molar-refractivity contribution is -0.155. The van der Waals surface area contributed by atoms with Crippen LogP contribution in [0.4, 0.5) is 21.2 Å². The number of Topliss-reactive ketones (excluding diaryl/α,β-unsaturated/α-hetero) is 2. The van der Waals surface area contributed by atoms with Crippen LogP contribution in [0.15, 0.2) is 113 Å². The molecule has 5 rings (SSSR count). The standard InChI is InChI=1S/C31H37N3O6.C24H31N3O6/c1-30(2,3)39-25(36)18-17-24(35)26-27(37)23(22-15-11-8-12-16-22)20-34(19-21-13-9-7-10-14-21)28(26)32-33-29(38)40-31(4,5)6;1-23(2,3)32-18(29)13-12-17(28)19-20(30)16(15-10-8-7-9-11-15)14-25-21(19)26-27-22(31)33-24(4,5)6/h7-16,20,32H,17-19H2,1-6H3,(H,33,38);7-11,14H,12-13H2,1-6H3,(H,27,31)(H2,25,26,30). The maximum Gasteiger partial charge on any atom is 0.426 e. The Labute approximate surface area is 425 Å². The maximum absolute atomic E-state index is 13.8. The number of nitrogens with zero attached hydrogens (tertiary/aromatic N) is 1. The number of aromatic amines is 1. The number of nitrogens with one attached hydrogen (secondary N) is 5. The molecule has 0 aliphatic carbocycles. The van der Waals surface area contributed by atoms with Crippen LogP contribution in [0.25, 0.3) is 22.3 Å². The molecule has 2 amide bonds. The van der Waals surface area contributed by atoms with Gasteiger partial charge in [0.15, 0.2) is 11.6 Å². The van der Waals surface area contributed by atoms with E-state index in [4.69, 9.17) is 18.9 Å². The zero-order chi connectivity index (χ0) is 54.3. The van der Waals surface area contributed by atoms with Gasteiger partial charge < -0.3 is 28.5 Å². The van der Waals surface area contributed by atoms with E-state index < -0.39 is 69.0 Å². The van der Waals surface area contributed by atoms with Crippen molar-refractivity contribution in [1.82, 2.24) is 20.4 Å². The zero-order valence-corrected chi connectivity index (χ0v) is 43.7. The summed E-state index contributed by atoms with van der Waals surface area (Å²) < 4.78 is 22.7. The molecule has 5 aromatic rings. The highest BCUT2D eigenvalue weighted by Gasteiger charge is 2.27. The number of ketones is 2. The molecular formula is C55H68N6O12. The minimum Gasteiger partial charge on any atom is -0.460 e. The van der Waals surface area contributed by atoms with E-state index in [9.17, 15) is 38.4 Å². The molecule has 5 N–H and O–H groups in total. The van der Waals surface area contributed by atoms with Crippen LogP contribution in [0, 0.1) is 0 Å². The molecule has 18 nitrogen and oxygen atoms in total. The quantitative estimate of drug-likeness (QED) is 0.0267. The van der Waals surface area contributed by atoms with Crippen LogP contribution in [-0.4, -0.2) is 67.6 Å². The molecule has 0 bridgehead atoms. The predicted molar refractivity (Wildman–Crippen MR) is 279 cm³/mol. The molecule has 0 fully saturated rings. The number of benzene rings is 3. The Kier molecular flexibility index (Phi) is 19.6. The predicted octanol–water partition coefficient (Wildman–Crippen LogP) is 9.92. The minimum atomic E-state index is -0.789. The van der Waals surface area contributed by atoms with Crippen molar-refractivity contribution in [1.29, 1.82) is 0 Å². The molecule has 0 aliphatic heterocycles. The van der Waals surface area contributed by atoms with Crippen molar-refractivity contribution in [3.63, 3.8) is 0 Å². The fraction of sp³-hybridized carbons (Fsp3) is 0.382. The second kappa shape index (κ2) is 24.9. The second-order valence-electron chi connectivity index (χ2n) is 20.7. The first-order chi connectivity index (χ1) is 34.0. The molecule has 0 saturated heterocycles. The largest absolute Gasteiger partial charge is 0.460 e. The van der Waals surface area contributed by atoms with Crippen molar-refractivity contribution < 1.29 is 47.7 Å². The number of hydrogen-bond donors (Lipinski definition) is 5. The number of hydrogen-bond acceptors (Lipinski definition) is 14. The summed E-state index contributed by atoms with van der Waals surface area (Å²) in [5, 5.41) is 0. The lowest BCUT2D eigenvalue weighted by Gasteiger charge is -2.23. The smallest absolute Gasteiger partial charge is 0.426 e. The molecule has 2 aromatic heterocycles. The van der Waals surface area contributed by atoms with Gasteiger partial charge in [0.2, 0.25) is 10.9 Å². The van der Waals surface area contributed by atoms with Gasteiger partial charge in [-0.1, -0.05) is 91.0 Å². The highest BCUT2D eigenvalue weighted by Crippen LogP contribution is 2.25. The van der Waals surface area contributed by atoms with Gasteiger partial charge in [-0.15, -0.1) is 0 Å². The third-order valence-corrected chi connectivity index (χ3v) is 9.61. The number of anilines is 2. The first kappa shape index (κ1) is 57.6. The summed E-state index contributed by atoms with van der Waals surface area (Å²) in [5.41, 5.74) is 8.42. The van der Waals surface area contributed by atoms with Crippen LogP contribution >= 0.6 is 0 Å². The van der Waals surface area contributed by atoms with Crippen LogP contribution in [0.5, 0.6) is 0 Å². The topological polar surface area (TPSA) is 242 Å². The van der Waals surface area contributed by atoms with Crippen molar-refractivity contribution in [2.24, 2.45) is 0 Å². The van der Waals surface area contributed by atoms with Gasteiger partial charge >= 0.3 is 24.1 Å². The van der Waals surface area contributed by atoms with Crippen LogP contribution < -0.4 is 32.6 Å². The summed E-state index contributed by atoms with van der Waals surface area (Å²) in [6.07, 6.45) is 0.627. The molecule has 0 saturated carbocycles. The van der Waals surface area contributed by atoms with Crippen molar-refractivity contribution in [3.05, 3.63) is 141 Å². The van der Waals surface area contributed by atoms with Gasteiger partial charge in [-0.3, -0.25) is 39.6 Å². The third-order valence-electron chi connectivity index (χ3n) is 9.61. The van der Waals surface area contributed by atoms with Crippen LogP contribution in [0.3, 0.4) is 0 Å². The lowest BCUT2D eigenvalue weighted by atomic mass is 10.00. The van der Waals surface area contributed by atoms with Gasteiger partial charge in [0.1, 0.15) is 45.2 Å². The number of esters is 2. The average molecular weight is 1010 g/mol. The van der Waals surface area contributed by atoms with Crippen molar-refractivity contribution in [3.8, 4) is 22.3 Å². The van der Waals surface area contributed by atoms with Gasteiger partial charge in [0.05, 0.1) is 12.8 Å². The number of carbonyl (C=O) groups excluding carboxylic acids is 6. The number of aromatic nitrogens is 2. The first-order valence-corrected chi connectivity index (χ1v) is 23.7. The van der Waals surface area contributed by atoms with Gasteiger partial charge in [-0.2, -0.15) is 0 Å². The summed E-state index contributed by atoms with van der Waals surface area (Å²) in [4.78, 5) is 105. The first-order valence-electron chi connectivity index (χ1n) is 23.7. The molecule has 0 unspecified atom stereocenters. The molecule has 0 radical (unpaired) electrons. The van der Waals surface area contributed by atoms with E-state index in [0.29, 0.717) is 16.7 Å². The van der Waals surface area contributed by atoms with Crippen molar-refractivity contribution in [2.45, 2.75) is 138 Å². The number of carbonyl (C=O) groups is 6. The molecule has 0 spiro atoms. The molecule has 390 valence electrons. The van der Waals surface area contributed by atoms with Crippen molar-refractivity contribution >= 4 is 47.3 Å².